The molecule has 0 aliphatic carbocycles. The first-order valence-corrected chi connectivity index (χ1v) is 6.45. The number of hydrogen-bond donors (Lipinski definition) is 2. The molecule has 0 saturated heterocycles. The molecule has 0 aromatic heterocycles. The van der Waals surface area contributed by atoms with Gasteiger partial charge in [0, 0.05) is 0 Å². The van der Waals surface area contributed by atoms with Gasteiger partial charge in [0.2, 0.25) is 0 Å². The van der Waals surface area contributed by atoms with E-state index in [2.05, 4.69) is 0 Å². The Labute approximate surface area is 137 Å². The Balaban J connectivity index is 0.00000484. The van der Waals surface area contributed by atoms with Crippen molar-refractivity contribution in [3.05, 3.63) is 50.6 Å². The number of nitrogens with two attached hydrogens (primary N) is 1. The number of hydrogen-bond acceptors (Lipinski definition) is 6. The maximum absolute atomic E-state index is 11.6. The molecule has 0 unspecified atom stereocenters. The standard InChI is InChI=1S/C12H16N4O6.ClH/c13-9-5-4-8-12(11(17)18,15(19)20)14(16(21)22)10-6-2-1-3-7-10;/h1-3,6-7H,4-5,8-9,13H2,(H,17,18);1H/t12-;/m1./s1. The summed E-state index contributed by atoms with van der Waals surface area (Å²) in [7, 11) is 0. The van der Waals surface area contributed by atoms with Gasteiger partial charge in [-0.3, -0.25) is 10.1 Å². The van der Waals surface area contributed by atoms with Gasteiger partial charge in [0.1, 0.15) is 5.69 Å². The molecular formula is C12H17ClN4O6. The fraction of sp³-hybridized carbons (Fsp3) is 0.417. The molecule has 11 heteroatoms. The molecule has 0 heterocycles. The number of rotatable bonds is 9. The minimum atomic E-state index is -2.89. The summed E-state index contributed by atoms with van der Waals surface area (Å²) in [6.07, 6.45) is -0.146. The number of carbonyl (C=O) groups is 1. The average Bonchev–Trinajstić information content (AvgIpc) is 2.46. The van der Waals surface area contributed by atoms with Gasteiger partial charge in [0.25, 0.3) is 0 Å². The first-order chi connectivity index (χ1) is 10.4. The number of carboxylic acids is 1. The molecule has 3 N–H and O–H groups in total. The van der Waals surface area contributed by atoms with Gasteiger partial charge in [-0.1, -0.05) is 18.2 Å². The van der Waals surface area contributed by atoms with Crippen molar-refractivity contribution in [2.75, 3.05) is 11.6 Å². The second-order valence-corrected chi connectivity index (χ2v) is 4.51. The van der Waals surface area contributed by atoms with Crippen molar-refractivity contribution in [1.82, 2.24) is 0 Å². The number of nitrogens with zero attached hydrogens (tertiary/aromatic N) is 3. The van der Waals surface area contributed by atoms with Crippen LogP contribution in [-0.4, -0.2) is 33.2 Å². The molecule has 0 radical (unpaired) electrons. The largest absolute Gasteiger partial charge is 0.474 e. The van der Waals surface area contributed by atoms with Crippen molar-refractivity contribution in [3.63, 3.8) is 0 Å². The average molecular weight is 349 g/mol. The molecule has 0 spiro atoms. The Kier molecular flexibility index (Phi) is 7.91. The van der Waals surface area contributed by atoms with Crippen LogP contribution >= 0.6 is 12.4 Å². The van der Waals surface area contributed by atoms with E-state index in [4.69, 9.17) is 5.73 Å². The zero-order valence-electron chi connectivity index (χ0n) is 12.0. The molecule has 1 aromatic carbocycles. The number of nitro groups is 2. The van der Waals surface area contributed by atoms with Gasteiger partial charge in [-0.05, 0) is 36.5 Å². The van der Waals surface area contributed by atoms with Crippen LogP contribution in [0.2, 0.25) is 0 Å². The Bertz CT molecular complexity index is 542. The fourth-order valence-electron chi connectivity index (χ4n) is 2.08. The Morgan fingerprint density at radius 3 is 2.17 bits per heavy atom. The smallest absolute Gasteiger partial charge is 0.444 e. The van der Waals surface area contributed by atoms with Gasteiger partial charge >= 0.3 is 11.6 Å². The fourth-order valence-corrected chi connectivity index (χ4v) is 2.08. The van der Waals surface area contributed by atoms with Crippen molar-refractivity contribution >= 4 is 24.1 Å². The number of para-hydroxylation sites is 1. The monoisotopic (exact) mass is 348 g/mol. The van der Waals surface area contributed by atoms with Crippen LogP contribution in [0, 0.1) is 20.2 Å². The van der Waals surface area contributed by atoms with Gasteiger partial charge < -0.3 is 10.8 Å². The number of aliphatic carboxylic acids is 1. The van der Waals surface area contributed by atoms with Crippen LogP contribution in [0.1, 0.15) is 19.3 Å². The third-order valence-electron chi connectivity index (χ3n) is 3.14. The molecule has 1 atom stereocenters. The lowest BCUT2D eigenvalue weighted by Gasteiger charge is -2.26. The highest BCUT2D eigenvalue weighted by molar-refractivity contribution is 5.85. The SMILES string of the molecule is Cl.NCCCC[C@@](C(=O)O)(N(c1ccccc1)[N+](=O)[O-])[N+](=O)[O-]. The zero-order chi connectivity index (χ0) is 16.8. The third kappa shape index (κ3) is 4.27. The van der Waals surface area contributed by atoms with E-state index in [1.54, 1.807) is 6.07 Å². The summed E-state index contributed by atoms with van der Waals surface area (Å²) in [5.74, 6) is -1.89. The van der Waals surface area contributed by atoms with Crippen LogP contribution < -0.4 is 10.7 Å². The van der Waals surface area contributed by atoms with Gasteiger partial charge in [0.05, 0.1) is 11.3 Å². The highest BCUT2D eigenvalue weighted by atomic mass is 35.5. The van der Waals surface area contributed by atoms with Crippen molar-refractivity contribution in [2.45, 2.75) is 24.9 Å². The molecule has 128 valence electrons. The lowest BCUT2D eigenvalue weighted by Crippen LogP contribution is -2.62. The number of carboxylic acid groups (broad SMARTS) is 1. The van der Waals surface area contributed by atoms with Crippen LogP contribution in [0.3, 0.4) is 0 Å². The van der Waals surface area contributed by atoms with E-state index < -0.39 is 28.0 Å². The Morgan fingerprint density at radius 1 is 1.22 bits per heavy atom. The second kappa shape index (κ2) is 8.86. The summed E-state index contributed by atoms with van der Waals surface area (Å²) in [6.45, 7) is 0.206. The van der Waals surface area contributed by atoms with Crippen molar-refractivity contribution < 1.29 is 19.9 Å². The summed E-state index contributed by atoms with van der Waals surface area (Å²) in [5.41, 5.74) is 2.22. The van der Waals surface area contributed by atoms with Gasteiger partial charge in [-0.2, -0.15) is 0 Å². The van der Waals surface area contributed by atoms with Gasteiger partial charge in [-0.15, -0.1) is 12.4 Å². The van der Waals surface area contributed by atoms with Crippen LogP contribution in [0.4, 0.5) is 5.69 Å². The predicted octanol–water partition coefficient (Wildman–Crippen LogP) is 1.29. The highest BCUT2D eigenvalue weighted by Gasteiger charge is 2.63. The van der Waals surface area contributed by atoms with Crippen LogP contribution in [0.25, 0.3) is 0 Å². The van der Waals surface area contributed by atoms with E-state index in [0.29, 0.717) is 6.42 Å². The molecule has 0 aliphatic heterocycles. The number of benzene rings is 1. The molecule has 0 amide bonds. The predicted molar refractivity (Wildman–Crippen MR) is 83.4 cm³/mol. The molecule has 23 heavy (non-hydrogen) atoms. The molecular weight excluding hydrogens is 332 g/mol. The Hall–Kier alpha value is -2.46. The van der Waals surface area contributed by atoms with Crippen LogP contribution in [0.15, 0.2) is 30.3 Å². The maximum atomic E-state index is 11.6. The maximum Gasteiger partial charge on any atom is 0.444 e. The molecule has 0 fully saturated rings. The summed E-state index contributed by atoms with van der Waals surface area (Å²) < 4.78 is 0. The molecule has 0 saturated carbocycles. The lowest BCUT2D eigenvalue weighted by atomic mass is 10.0. The molecule has 0 bridgehead atoms. The first-order valence-electron chi connectivity index (χ1n) is 6.45. The summed E-state index contributed by atoms with van der Waals surface area (Å²) >= 11 is 0. The van der Waals surface area contributed by atoms with Gasteiger partial charge in [-0.25, -0.2) is 14.9 Å². The van der Waals surface area contributed by atoms with E-state index in [1.165, 1.54) is 24.3 Å². The second-order valence-electron chi connectivity index (χ2n) is 4.51. The molecule has 10 nitrogen and oxygen atoms in total. The van der Waals surface area contributed by atoms with Crippen LogP contribution in [-0.2, 0) is 4.79 Å². The number of unbranched alkanes of at least 4 members (excludes halogenated alkanes) is 1. The Morgan fingerprint density at radius 2 is 1.78 bits per heavy atom. The number of anilines is 1. The van der Waals surface area contributed by atoms with Crippen molar-refractivity contribution in [3.8, 4) is 0 Å². The molecule has 1 rings (SSSR count). The van der Waals surface area contributed by atoms with E-state index in [1.807, 2.05) is 0 Å². The van der Waals surface area contributed by atoms with Gasteiger partial charge in [0.15, 0.2) is 5.03 Å². The lowest BCUT2D eigenvalue weighted by molar-refractivity contribution is -0.625. The number of halogens is 1. The molecule has 0 aliphatic rings. The quantitative estimate of drug-likeness (QED) is 0.293. The third-order valence-corrected chi connectivity index (χ3v) is 3.14. The van der Waals surface area contributed by atoms with E-state index in [-0.39, 0.29) is 36.1 Å². The summed E-state index contributed by atoms with van der Waals surface area (Å²) in [6, 6.07) is 6.90. The van der Waals surface area contributed by atoms with Crippen LogP contribution in [0.5, 0.6) is 0 Å². The minimum Gasteiger partial charge on any atom is -0.474 e. The highest BCUT2D eigenvalue weighted by Crippen LogP contribution is 2.30. The van der Waals surface area contributed by atoms with E-state index in [0.717, 1.165) is 0 Å². The zero-order valence-corrected chi connectivity index (χ0v) is 12.8. The topological polar surface area (TPSA) is 153 Å². The van der Waals surface area contributed by atoms with E-state index >= 15 is 0 Å². The normalized spacial score (nSPS) is 12.6. The minimum absolute atomic E-state index is 0. The van der Waals surface area contributed by atoms with Crippen molar-refractivity contribution in [1.29, 1.82) is 0 Å². The summed E-state index contributed by atoms with van der Waals surface area (Å²) in [4.78, 5) is 33.2. The van der Waals surface area contributed by atoms with Crippen molar-refractivity contribution in [2.24, 2.45) is 5.73 Å². The number of hydrazine groups is 1. The molecule has 1 aromatic rings. The summed E-state index contributed by atoms with van der Waals surface area (Å²) in [5, 5.41) is 31.1. The first kappa shape index (κ1) is 20.5. The van der Waals surface area contributed by atoms with E-state index in [9.17, 15) is 30.1 Å².